The molecule has 126 valence electrons. The van der Waals surface area contributed by atoms with Gasteiger partial charge in [-0.25, -0.2) is 0 Å². The predicted octanol–water partition coefficient (Wildman–Crippen LogP) is 4.24. The van der Waals surface area contributed by atoms with E-state index in [4.69, 9.17) is 0 Å². The second kappa shape index (κ2) is 8.19. The second-order valence-corrected chi connectivity index (χ2v) is 6.66. The highest BCUT2D eigenvalue weighted by Crippen LogP contribution is 2.40. The van der Waals surface area contributed by atoms with Crippen LogP contribution in [0, 0.1) is 0 Å². The minimum atomic E-state index is -4.24. The van der Waals surface area contributed by atoms with Gasteiger partial charge in [-0.1, -0.05) is 0 Å². The maximum Gasteiger partial charge on any atom is 0.390 e. The van der Waals surface area contributed by atoms with Gasteiger partial charge < -0.3 is 10.4 Å². The molecule has 0 saturated carbocycles. The summed E-state index contributed by atoms with van der Waals surface area (Å²) in [5.41, 5.74) is 0.533. The number of halogens is 6. The van der Waals surface area contributed by atoms with Crippen molar-refractivity contribution in [3.63, 3.8) is 0 Å². The van der Waals surface area contributed by atoms with E-state index in [9.17, 15) is 18.3 Å². The molecule has 1 aliphatic rings. The van der Waals surface area contributed by atoms with E-state index in [0.717, 1.165) is 0 Å². The Bertz CT molecular complexity index is 488. The molecule has 1 saturated heterocycles. The molecule has 3 nitrogen and oxygen atoms in total. The van der Waals surface area contributed by atoms with Crippen LogP contribution in [0.15, 0.2) is 21.1 Å². The molecule has 1 fully saturated rings. The van der Waals surface area contributed by atoms with Crippen molar-refractivity contribution in [2.45, 2.75) is 18.6 Å². The number of phenols is 1. The molecule has 9 heteroatoms. The van der Waals surface area contributed by atoms with Gasteiger partial charge in [0, 0.05) is 32.2 Å². The van der Waals surface area contributed by atoms with Gasteiger partial charge in [0.1, 0.15) is 5.75 Å². The maximum absolute atomic E-state index is 12.9. The molecule has 0 aliphatic carbocycles. The number of piperazine rings is 1. The summed E-state index contributed by atoms with van der Waals surface area (Å²) < 4.78 is 39.5. The lowest BCUT2D eigenvalue weighted by molar-refractivity contribution is -0.148. The fourth-order valence-electron chi connectivity index (χ4n) is 2.45. The first kappa shape index (κ1) is 20.0. The first-order valence-electron chi connectivity index (χ1n) is 6.47. The van der Waals surface area contributed by atoms with E-state index < -0.39 is 18.6 Å². The highest BCUT2D eigenvalue weighted by atomic mass is 79.9. The van der Waals surface area contributed by atoms with Crippen LogP contribution in [0.2, 0.25) is 0 Å². The summed E-state index contributed by atoms with van der Waals surface area (Å²) in [4.78, 5) is 1.83. The quantitative estimate of drug-likeness (QED) is 0.697. The van der Waals surface area contributed by atoms with Gasteiger partial charge in [-0.3, -0.25) is 4.90 Å². The normalized spacial score (nSPS) is 17.9. The number of rotatable bonds is 3. The molecule has 1 atom stereocenters. The molecule has 0 spiro atoms. The third kappa shape index (κ3) is 5.26. The molecule has 22 heavy (non-hydrogen) atoms. The van der Waals surface area contributed by atoms with Crippen molar-refractivity contribution in [2.24, 2.45) is 0 Å². The van der Waals surface area contributed by atoms with Gasteiger partial charge in [0.15, 0.2) is 0 Å². The summed E-state index contributed by atoms with van der Waals surface area (Å²) in [5, 5.41) is 12.9. The average molecular weight is 469 g/mol. The SMILES string of the molecule is Cl.Oc1c(Br)cc([C@H](CC(F)(F)F)N2CCNCC2)cc1Br. The molecular formula is C13H16Br2ClF3N2O. The van der Waals surface area contributed by atoms with Crippen molar-refractivity contribution in [1.82, 2.24) is 10.2 Å². The van der Waals surface area contributed by atoms with E-state index in [2.05, 4.69) is 37.2 Å². The molecule has 0 radical (unpaired) electrons. The standard InChI is InChI=1S/C13H15Br2F3N2O.ClH/c14-9-5-8(6-10(15)12(9)21)11(7-13(16,17)18)20-3-1-19-2-4-20;/h5-6,11,19,21H,1-4,7H2;1H/t11-;/m0./s1. The van der Waals surface area contributed by atoms with Crippen LogP contribution in [-0.2, 0) is 0 Å². The summed E-state index contributed by atoms with van der Waals surface area (Å²) in [6.07, 6.45) is -5.15. The van der Waals surface area contributed by atoms with Gasteiger partial charge in [0.25, 0.3) is 0 Å². The fourth-order valence-corrected chi connectivity index (χ4v) is 3.67. The number of nitrogens with zero attached hydrogens (tertiary/aromatic N) is 1. The summed E-state index contributed by atoms with van der Waals surface area (Å²) >= 11 is 6.35. The van der Waals surface area contributed by atoms with Crippen molar-refractivity contribution in [3.8, 4) is 5.75 Å². The Kier molecular flexibility index (Phi) is 7.45. The summed E-state index contributed by atoms with van der Waals surface area (Å²) in [7, 11) is 0. The molecule has 2 rings (SSSR count). The number of aromatic hydroxyl groups is 1. The molecule has 1 heterocycles. The Morgan fingerprint density at radius 3 is 2.14 bits per heavy atom. The number of hydrogen-bond acceptors (Lipinski definition) is 3. The van der Waals surface area contributed by atoms with E-state index in [0.29, 0.717) is 40.7 Å². The minimum absolute atomic E-state index is 0. The smallest absolute Gasteiger partial charge is 0.390 e. The molecule has 1 aromatic carbocycles. The van der Waals surface area contributed by atoms with E-state index in [1.807, 2.05) is 4.90 Å². The van der Waals surface area contributed by atoms with Crippen molar-refractivity contribution in [2.75, 3.05) is 26.2 Å². The second-order valence-electron chi connectivity index (χ2n) is 4.95. The Hall–Kier alpha value is -0.0200. The van der Waals surface area contributed by atoms with E-state index in [1.165, 1.54) is 0 Å². The Balaban J connectivity index is 0.00000242. The third-order valence-corrected chi connectivity index (χ3v) is 4.65. The number of hydrogen-bond donors (Lipinski definition) is 2. The zero-order chi connectivity index (χ0) is 15.6. The van der Waals surface area contributed by atoms with E-state index >= 15 is 0 Å². The number of phenolic OH excluding ortho intramolecular Hbond substituents is 1. The molecule has 2 N–H and O–H groups in total. The fraction of sp³-hybridized carbons (Fsp3) is 0.538. The van der Waals surface area contributed by atoms with Crippen molar-refractivity contribution >= 4 is 44.3 Å². The molecule has 1 aliphatic heterocycles. The summed E-state index contributed by atoms with van der Waals surface area (Å²) in [6.45, 7) is 2.48. The van der Waals surface area contributed by atoms with Crippen molar-refractivity contribution < 1.29 is 18.3 Å². The topological polar surface area (TPSA) is 35.5 Å². The van der Waals surface area contributed by atoms with Gasteiger partial charge in [0.2, 0.25) is 0 Å². The first-order valence-corrected chi connectivity index (χ1v) is 8.06. The average Bonchev–Trinajstić information content (AvgIpc) is 2.41. The van der Waals surface area contributed by atoms with Crippen LogP contribution in [-0.4, -0.2) is 42.4 Å². The van der Waals surface area contributed by atoms with Gasteiger partial charge in [-0.2, -0.15) is 13.2 Å². The van der Waals surface area contributed by atoms with Gasteiger partial charge in [0.05, 0.1) is 15.4 Å². The molecule has 0 aromatic heterocycles. The highest BCUT2D eigenvalue weighted by molar-refractivity contribution is 9.11. The number of benzene rings is 1. The largest absolute Gasteiger partial charge is 0.506 e. The summed E-state index contributed by atoms with van der Waals surface area (Å²) in [5.74, 6) is -0.00943. The van der Waals surface area contributed by atoms with E-state index in [-0.39, 0.29) is 18.2 Å². The van der Waals surface area contributed by atoms with Crippen LogP contribution in [0.5, 0.6) is 5.75 Å². The Labute approximate surface area is 149 Å². The zero-order valence-corrected chi connectivity index (χ0v) is 15.4. The van der Waals surface area contributed by atoms with Crippen molar-refractivity contribution in [3.05, 3.63) is 26.6 Å². The molecule has 0 amide bonds. The molecule has 0 bridgehead atoms. The number of nitrogens with one attached hydrogen (secondary N) is 1. The molecule has 0 unspecified atom stereocenters. The Morgan fingerprint density at radius 1 is 1.18 bits per heavy atom. The number of alkyl halides is 3. The zero-order valence-electron chi connectivity index (χ0n) is 11.5. The van der Waals surface area contributed by atoms with Crippen LogP contribution in [0.25, 0.3) is 0 Å². The lowest BCUT2D eigenvalue weighted by atomic mass is 10.0. The third-order valence-electron chi connectivity index (χ3n) is 3.44. The predicted molar refractivity (Wildman–Crippen MR) is 88.6 cm³/mol. The van der Waals surface area contributed by atoms with Crippen molar-refractivity contribution in [1.29, 1.82) is 0 Å². The van der Waals surface area contributed by atoms with Gasteiger partial charge in [-0.15, -0.1) is 12.4 Å². The summed E-state index contributed by atoms with van der Waals surface area (Å²) in [6, 6.07) is 2.36. The van der Waals surface area contributed by atoms with Crippen LogP contribution >= 0.6 is 44.3 Å². The van der Waals surface area contributed by atoms with Crippen LogP contribution in [0.3, 0.4) is 0 Å². The van der Waals surface area contributed by atoms with E-state index in [1.54, 1.807) is 12.1 Å². The lowest BCUT2D eigenvalue weighted by Gasteiger charge is -2.36. The van der Waals surface area contributed by atoms with Crippen LogP contribution in [0.1, 0.15) is 18.0 Å². The van der Waals surface area contributed by atoms with Gasteiger partial charge in [-0.05, 0) is 49.6 Å². The highest BCUT2D eigenvalue weighted by Gasteiger charge is 2.36. The lowest BCUT2D eigenvalue weighted by Crippen LogP contribution is -2.46. The van der Waals surface area contributed by atoms with Crippen LogP contribution < -0.4 is 5.32 Å². The van der Waals surface area contributed by atoms with Gasteiger partial charge >= 0.3 is 6.18 Å². The first-order chi connectivity index (χ1) is 9.78. The maximum atomic E-state index is 12.9. The van der Waals surface area contributed by atoms with Crippen LogP contribution in [0.4, 0.5) is 13.2 Å². The monoisotopic (exact) mass is 466 g/mol. The molecule has 1 aromatic rings. The minimum Gasteiger partial charge on any atom is -0.506 e. The molecular weight excluding hydrogens is 452 g/mol. The Morgan fingerprint density at radius 2 is 1.68 bits per heavy atom.